The topological polar surface area (TPSA) is 61.5 Å². The van der Waals surface area contributed by atoms with E-state index in [0.717, 1.165) is 6.42 Å². The third-order valence-corrected chi connectivity index (χ3v) is 2.09. The number of ether oxygens (including phenoxy) is 2. The molecule has 0 rings (SSSR count). The maximum absolute atomic E-state index is 11.1. The Morgan fingerprint density at radius 2 is 2.07 bits per heavy atom. The van der Waals surface area contributed by atoms with E-state index >= 15 is 0 Å². The van der Waals surface area contributed by atoms with Crippen LogP contribution in [0.3, 0.4) is 0 Å². The Morgan fingerprint density at radius 1 is 1.50 bits per heavy atom. The molecule has 1 unspecified atom stereocenters. The molecule has 2 N–H and O–H groups in total. The number of nitrogens with two attached hydrogens (primary N) is 1. The van der Waals surface area contributed by atoms with Gasteiger partial charge in [0, 0.05) is 6.54 Å². The lowest BCUT2D eigenvalue weighted by atomic mass is 10.0. The van der Waals surface area contributed by atoms with E-state index in [9.17, 15) is 4.79 Å². The van der Waals surface area contributed by atoms with Gasteiger partial charge in [-0.1, -0.05) is 6.92 Å². The lowest BCUT2D eigenvalue weighted by molar-refractivity contribution is -0.158. The highest BCUT2D eigenvalue weighted by atomic mass is 16.6. The summed E-state index contributed by atoms with van der Waals surface area (Å²) in [5.74, 6) is -0.340. The van der Waals surface area contributed by atoms with E-state index in [4.69, 9.17) is 15.2 Å². The van der Waals surface area contributed by atoms with Gasteiger partial charge >= 0.3 is 5.97 Å². The van der Waals surface area contributed by atoms with Crippen molar-refractivity contribution in [1.29, 1.82) is 0 Å². The van der Waals surface area contributed by atoms with E-state index < -0.39 is 5.60 Å². The largest absolute Gasteiger partial charge is 0.461 e. The first kappa shape index (κ1) is 13.4. The van der Waals surface area contributed by atoms with Crippen molar-refractivity contribution < 1.29 is 14.3 Å². The van der Waals surface area contributed by atoms with Gasteiger partial charge in [0.05, 0.1) is 11.7 Å². The molecule has 0 heterocycles. The fourth-order valence-electron chi connectivity index (χ4n) is 0.835. The zero-order valence-electron chi connectivity index (χ0n) is 9.50. The smallest absolute Gasteiger partial charge is 0.332 e. The molecule has 0 saturated heterocycles. The maximum Gasteiger partial charge on any atom is 0.332 e. The zero-order valence-corrected chi connectivity index (χ0v) is 9.50. The maximum atomic E-state index is 11.1. The van der Waals surface area contributed by atoms with Crippen LogP contribution in [0.25, 0.3) is 0 Å². The molecule has 0 fully saturated rings. The van der Waals surface area contributed by atoms with E-state index in [1.807, 2.05) is 13.8 Å². The first-order valence-electron chi connectivity index (χ1n) is 4.97. The van der Waals surface area contributed by atoms with E-state index in [1.54, 1.807) is 13.8 Å². The summed E-state index contributed by atoms with van der Waals surface area (Å²) in [4.78, 5) is 11.1. The van der Waals surface area contributed by atoms with Crippen LogP contribution < -0.4 is 5.73 Å². The van der Waals surface area contributed by atoms with Gasteiger partial charge in [0.15, 0.2) is 0 Å². The standard InChI is InChI=1S/C10H21NO3/c1-5-10(4,7-11)13-6-9(12)14-8(2)3/h8H,5-7,11H2,1-4H3. The summed E-state index contributed by atoms with van der Waals surface area (Å²) in [6.07, 6.45) is 0.676. The summed E-state index contributed by atoms with van der Waals surface area (Å²) in [5, 5.41) is 0. The summed E-state index contributed by atoms with van der Waals surface area (Å²) in [5.41, 5.74) is 5.11. The summed E-state index contributed by atoms with van der Waals surface area (Å²) in [7, 11) is 0. The minimum atomic E-state index is -0.421. The van der Waals surface area contributed by atoms with Crippen molar-refractivity contribution in [3.05, 3.63) is 0 Å². The SMILES string of the molecule is CCC(C)(CN)OCC(=O)OC(C)C. The minimum Gasteiger partial charge on any atom is -0.461 e. The molecular formula is C10H21NO3. The second-order valence-electron chi connectivity index (χ2n) is 3.83. The molecule has 0 aliphatic carbocycles. The van der Waals surface area contributed by atoms with Gasteiger partial charge in [0.2, 0.25) is 0 Å². The molecular weight excluding hydrogens is 182 g/mol. The third-order valence-electron chi connectivity index (χ3n) is 2.09. The Hall–Kier alpha value is -0.610. The van der Waals surface area contributed by atoms with Gasteiger partial charge < -0.3 is 15.2 Å². The molecule has 0 radical (unpaired) electrons. The Morgan fingerprint density at radius 3 is 2.43 bits per heavy atom. The van der Waals surface area contributed by atoms with E-state index in [2.05, 4.69) is 0 Å². The lowest BCUT2D eigenvalue weighted by Gasteiger charge is -2.26. The number of carbonyl (C=O) groups excluding carboxylic acids is 1. The molecule has 84 valence electrons. The summed E-state index contributed by atoms with van der Waals surface area (Å²) in [6.45, 7) is 7.84. The van der Waals surface area contributed by atoms with Crippen LogP contribution >= 0.6 is 0 Å². The van der Waals surface area contributed by atoms with Gasteiger partial charge in [-0.2, -0.15) is 0 Å². The second-order valence-corrected chi connectivity index (χ2v) is 3.83. The monoisotopic (exact) mass is 203 g/mol. The zero-order chi connectivity index (χ0) is 11.2. The van der Waals surface area contributed by atoms with Crippen LogP contribution in [0.4, 0.5) is 0 Å². The summed E-state index contributed by atoms with van der Waals surface area (Å²) < 4.78 is 10.3. The van der Waals surface area contributed by atoms with Crippen LogP contribution in [0.15, 0.2) is 0 Å². The highest BCUT2D eigenvalue weighted by Crippen LogP contribution is 2.12. The predicted octanol–water partition coefficient (Wildman–Crippen LogP) is 1.08. The van der Waals surface area contributed by atoms with E-state index in [1.165, 1.54) is 0 Å². The molecule has 4 heteroatoms. The predicted molar refractivity (Wildman–Crippen MR) is 54.9 cm³/mol. The average molecular weight is 203 g/mol. The van der Waals surface area contributed by atoms with Crippen LogP contribution in [0.1, 0.15) is 34.1 Å². The van der Waals surface area contributed by atoms with Crippen LogP contribution in [-0.4, -0.2) is 30.8 Å². The Bertz CT molecular complexity index is 176. The second kappa shape index (κ2) is 5.98. The quantitative estimate of drug-likeness (QED) is 0.656. The van der Waals surface area contributed by atoms with Gasteiger partial charge in [-0.05, 0) is 27.2 Å². The molecule has 0 aromatic heterocycles. The van der Waals surface area contributed by atoms with Gasteiger partial charge in [-0.15, -0.1) is 0 Å². The van der Waals surface area contributed by atoms with Crippen molar-refractivity contribution in [2.45, 2.75) is 45.8 Å². The molecule has 0 bridgehead atoms. The molecule has 0 amide bonds. The number of carbonyl (C=O) groups is 1. The number of esters is 1. The molecule has 0 saturated carbocycles. The summed E-state index contributed by atoms with van der Waals surface area (Å²) in [6, 6.07) is 0. The highest BCUT2D eigenvalue weighted by Gasteiger charge is 2.22. The normalized spacial score (nSPS) is 15.3. The molecule has 0 aromatic rings. The van der Waals surface area contributed by atoms with Gasteiger partial charge in [0.1, 0.15) is 6.61 Å². The molecule has 14 heavy (non-hydrogen) atoms. The van der Waals surface area contributed by atoms with Crippen molar-refractivity contribution in [3.63, 3.8) is 0 Å². The first-order chi connectivity index (χ1) is 6.43. The van der Waals surface area contributed by atoms with Crippen molar-refractivity contribution in [2.75, 3.05) is 13.2 Å². The Labute approximate surface area is 85.8 Å². The van der Waals surface area contributed by atoms with Gasteiger partial charge in [0.25, 0.3) is 0 Å². The number of hydrogen-bond donors (Lipinski definition) is 1. The Kier molecular flexibility index (Phi) is 5.72. The van der Waals surface area contributed by atoms with Gasteiger partial charge in [-0.3, -0.25) is 0 Å². The minimum absolute atomic E-state index is 0.0281. The van der Waals surface area contributed by atoms with E-state index in [-0.39, 0.29) is 18.7 Å². The molecule has 0 aliphatic rings. The average Bonchev–Trinajstić information content (AvgIpc) is 2.13. The number of hydrogen-bond acceptors (Lipinski definition) is 4. The van der Waals surface area contributed by atoms with Gasteiger partial charge in [-0.25, -0.2) is 4.79 Å². The van der Waals surface area contributed by atoms with Crippen LogP contribution in [0, 0.1) is 0 Å². The number of rotatable bonds is 6. The van der Waals surface area contributed by atoms with Crippen LogP contribution in [0.2, 0.25) is 0 Å². The molecule has 0 aliphatic heterocycles. The van der Waals surface area contributed by atoms with Crippen molar-refractivity contribution in [2.24, 2.45) is 5.73 Å². The fourth-order valence-corrected chi connectivity index (χ4v) is 0.835. The molecule has 1 atom stereocenters. The van der Waals surface area contributed by atoms with Crippen LogP contribution in [-0.2, 0) is 14.3 Å². The lowest BCUT2D eigenvalue weighted by Crippen LogP contribution is -2.38. The molecule has 0 aromatic carbocycles. The third kappa shape index (κ3) is 5.19. The fraction of sp³-hybridized carbons (Fsp3) is 0.900. The van der Waals surface area contributed by atoms with Crippen molar-refractivity contribution >= 4 is 5.97 Å². The van der Waals surface area contributed by atoms with E-state index in [0.29, 0.717) is 6.54 Å². The molecule has 0 spiro atoms. The van der Waals surface area contributed by atoms with Crippen molar-refractivity contribution in [3.8, 4) is 0 Å². The van der Waals surface area contributed by atoms with Crippen molar-refractivity contribution in [1.82, 2.24) is 0 Å². The molecule has 4 nitrogen and oxygen atoms in total. The first-order valence-corrected chi connectivity index (χ1v) is 4.97. The Balaban J connectivity index is 3.86. The highest BCUT2D eigenvalue weighted by molar-refractivity contribution is 5.70. The summed E-state index contributed by atoms with van der Waals surface area (Å²) >= 11 is 0. The van der Waals surface area contributed by atoms with Crippen LogP contribution in [0.5, 0.6) is 0 Å².